The zero-order chi connectivity index (χ0) is 15.7. The van der Waals surface area contributed by atoms with E-state index in [4.69, 9.17) is 16.4 Å². The second-order valence-corrected chi connectivity index (χ2v) is 8.29. The van der Waals surface area contributed by atoms with Crippen LogP contribution >= 0.6 is 11.6 Å². The van der Waals surface area contributed by atoms with E-state index in [0.717, 1.165) is 5.56 Å². The molecule has 2 atom stereocenters. The van der Waals surface area contributed by atoms with Gasteiger partial charge in [0.2, 0.25) is 9.84 Å². The molecule has 0 fully saturated rings. The van der Waals surface area contributed by atoms with Crippen LogP contribution in [0.25, 0.3) is 0 Å². The molecule has 116 valence electrons. The van der Waals surface area contributed by atoms with Crippen molar-refractivity contribution in [2.45, 2.75) is 38.0 Å². The van der Waals surface area contributed by atoms with Crippen LogP contribution in [-0.4, -0.2) is 24.9 Å². The van der Waals surface area contributed by atoms with E-state index < -0.39 is 20.7 Å². The minimum absolute atomic E-state index is 0.0667. The van der Waals surface area contributed by atoms with Gasteiger partial charge in [0.05, 0.1) is 11.1 Å². The van der Waals surface area contributed by atoms with E-state index in [1.807, 2.05) is 44.2 Å². The van der Waals surface area contributed by atoms with Gasteiger partial charge in [0.25, 0.3) is 0 Å². The van der Waals surface area contributed by atoms with Crippen LogP contribution < -0.4 is 0 Å². The molecule has 21 heavy (non-hydrogen) atoms. The predicted octanol–water partition coefficient (Wildman–Crippen LogP) is 3.53. The lowest BCUT2D eigenvalue weighted by molar-refractivity contribution is 0.0152. The lowest BCUT2D eigenvalue weighted by Crippen LogP contribution is -2.31. The Morgan fingerprint density at radius 2 is 1.95 bits per heavy atom. The van der Waals surface area contributed by atoms with E-state index in [9.17, 15) is 8.42 Å². The Morgan fingerprint density at radius 3 is 2.43 bits per heavy atom. The summed E-state index contributed by atoms with van der Waals surface area (Å²) in [7, 11) is -3.57. The molecule has 2 rings (SSSR count). The topological polar surface area (TPSA) is 55.7 Å². The van der Waals surface area contributed by atoms with E-state index in [1.165, 1.54) is 0 Å². The summed E-state index contributed by atoms with van der Waals surface area (Å²) < 4.78 is 25.8. The Kier molecular flexibility index (Phi) is 4.63. The summed E-state index contributed by atoms with van der Waals surface area (Å²) in [6.07, 6.45) is 0.217. The molecule has 0 bridgehead atoms. The molecular weight excluding hydrogens is 310 g/mol. The third kappa shape index (κ3) is 3.24. The van der Waals surface area contributed by atoms with E-state index in [2.05, 4.69) is 5.16 Å². The van der Waals surface area contributed by atoms with Crippen molar-refractivity contribution in [3.05, 3.63) is 35.9 Å². The van der Waals surface area contributed by atoms with Crippen LogP contribution in [0.2, 0.25) is 0 Å². The molecule has 0 radical (unpaired) electrons. The lowest BCUT2D eigenvalue weighted by atomic mass is 10.0. The Morgan fingerprint density at radius 1 is 1.33 bits per heavy atom. The molecule has 0 aliphatic carbocycles. The maximum Gasteiger partial charge on any atom is 0.202 e. The summed E-state index contributed by atoms with van der Waals surface area (Å²) >= 11 is 5.83. The normalized spacial score (nSPS) is 23.8. The first-order valence-corrected chi connectivity index (χ1v) is 8.98. The molecule has 0 amide bonds. The monoisotopic (exact) mass is 329 g/mol. The molecule has 1 heterocycles. The summed E-state index contributed by atoms with van der Waals surface area (Å²) in [5, 5.41) is 3.27. The van der Waals surface area contributed by atoms with E-state index in [0.29, 0.717) is 0 Å². The maximum atomic E-state index is 12.9. The molecular formula is C15H20ClNO3S. The SMILES string of the molecule is CC(C)C(c1ccccc1)S(=O)(=O)C1=NOC(C)(CCl)C1. The van der Waals surface area contributed by atoms with Gasteiger partial charge < -0.3 is 4.84 Å². The van der Waals surface area contributed by atoms with Crippen molar-refractivity contribution in [2.24, 2.45) is 11.1 Å². The number of rotatable bonds is 4. The van der Waals surface area contributed by atoms with Crippen LogP contribution in [0, 0.1) is 5.92 Å². The van der Waals surface area contributed by atoms with Gasteiger partial charge in [-0.15, -0.1) is 11.6 Å². The minimum atomic E-state index is -3.57. The Hall–Kier alpha value is -1.07. The van der Waals surface area contributed by atoms with Gasteiger partial charge >= 0.3 is 0 Å². The summed E-state index contributed by atoms with van der Waals surface area (Å²) in [5.41, 5.74) is 0.0389. The summed E-state index contributed by atoms with van der Waals surface area (Å²) in [6.45, 7) is 5.55. The quantitative estimate of drug-likeness (QED) is 0.794. The Bertz CT molecular complexity index is 628. The van der Waals surface area contributed by atoms with Gasteiger partial charge in [-0.1, -0.05) is 49.3 Å². The first-order chi connectivity index (χ1) is 9.80. The fraction of sp³-hybridized carbons (Fsp3) is 0.533. The van der Waals surface area contributed by atoms with E-state index in [-0.39, 0.29) is 23.3 Å². The molecule has 1 aliphatic rings. The molecule has 0 saturated carbocycles. The Labute approximate surface area is 131 Å². The number of halogens is 1. The average Bonchev–Trinajstić information content (AvgIpc) is 2.84. The van der Waals surface area contributed by atoms with E-state index >= 15 is 0 Å². The third-order valence-electron chi connectivity index (χ3n) is 3.57. The first kappa shape index (κ1) is 16.3. The maximum absolute atomic E-state index is 12.9. The number of oxime groups is 1. The molecule has 2 unspecified atom stereocenters. The summed E-state index contributed by atoms with van der Waals surface area (Å²) in [4.78, 5) is 5.23. The van der Waals surface area contributed by atoms with Crippen molar-refractivity contribution in [1.82, 2.24) is 0 Å². The van der Waals surface area contributed by atoms with Crippen LogP contribution in [0.15, 0.2) is 35.5 Å². The van der Waals surface area contributed by atoms with Gasteiger partial charge in [0, 0.05) is 6.42 Å². The summed E-state index contributed by atoms with van der Waals surface area (Å²) in [6, 6.07) is 9.22. The zero-order valence-corrected chi connectivity index (χ0v) is 14.0. The number of alkyl halides is 1. The minimum Gasteiger partial charge on any atom is -0.387 e. The van der Waals surface area contributed by atoms with Gasteiger partial charge in [-0.3, -0.25) is 0 Å². The number of benzene rings is 1. The Balaban J connectivity index is 2.37. The highest BCUT2D eigenvalue weighted by Crippen LogP contribution is 2.36. The molecule has 0 saturated heterocycles. The molecule has 1 aliphatic heterocycles. The van der Waals surface area contributed by atoms with Crippen LogP contribution in [0.3, 0.4) is 0 Å². The first-order valence-electron chi connectivity index (χ1n) is 6.90. The fourth-order valence-electron chi connectivity index (χ4n) is 2.48. The van der Waals surface area contributed by atoms with Gasteiger partial charge in [-0.25, -0.2) is 8.42 Å². The van der Waals surface area contributed by atoms with Crippen molar-refractivity contribution < 1.29 is 13.3 Å². The van der Waals surface area contributed by atoms with Gasteiger partial charge in [-0.2, -0.15) is 0 Å². The largest absolute Gasteiger partial charge is 0.387 e. The van der Waals surface area contributed by atoms with Crippen LogP contribution in [0.4, 0.5) is 0 Å². The second kappa shape index (κ2) is 5.97. The van der Waals surface area contributed by atoms with Crippen LogP contribution in [-0.2, 0) is 14.7 Å². The molecule has 0 N–H and O–H groups in total. The van der Waals surface area contributed by atoms with Crippen molar-refractivity contribution in [3.8, 4) is 0 Å². The standard InChI is InChI=1S/C15H20ClNO3S/c1-11(2)14(12-7-5-4-6-8-12)21(18,19)13-9-15(3,10-16)20-17-13/h4-8,11,14H,9-10H2,1-3H3. The number of sulfone groups is 1. The van der Waals surface area contributed by atoms with Crippen molar-refractivity contribution in [2.75, 3.05) is 5.88 Å². The van der Waals surface area contributed by atoms with Crippen molar-refractivity contribution in [1.29, 1.82) is 0 Å². The van der Waals surface area contributed by atoms with Crippen molar-refractivity contribution >= 4 is 26.5 Å². The number of hydrogen-bond acceptors (Lipinski definition) is 4. The lowest BCUT2D eigenvalue weighted by Gasteiger charge is -2.22. The van der Waals surface area contributed by atoms with Crippen LogP contribution in [0.1, 0.15) is 38.0 Å². The number of hydrogen-bond donors (Lipinski definition) is 0. The summed E-state index contributed by atoms with van der Waals surface area (Å²) in [5.74, 6) is 0.135. The smallest absolute Gasteiger partial charge is 0.202 e. The van der Waals surface area contributed by atoms with E-state index in [1.54, 1.807) is 6.92 Å². The molecule has 0 aromatic heterocycles. The van der Waals surface area contributed by atoms with Gasteiger partial charge in [0.15, 0.2) is 10.6 Å². The predicted molar refractivity (Wildman–Crippen MR) is 85.2 cm³/mol. The van der Waals surface area contributed by atoms with Crippen molar-refractivity contribution in [3.63, 3.8) is 0 Å². The molecule has 1 aromatic carbocycles. The molecule has 6 heteroatoms. The molecule has 0 spiro atoms. The molecule has 4 nitrogen and oxygen atoms in total. The second-order valence-electron chi connectivity index (χ2n) is 5.96. The highest BCUT2D eigenvalue weighted by Gasteiger charge is 2.43. The highest BCUT2D eigenvalue weighted by atomic mass is 35.5. The third-order valence-corrected chi connectivity index (χ3v) is 6.50. The number of nitrogens with zero attached hydrogens (tertiary/aromatic N) is 1. The fourth-order valence-corrected chi connectivity index (χ4v) is 4.80. The van der Waals surface area contributed by atoms with Crippen LogP contribution in [0.5, 0.6) is 0 Å². The van der Waals surface area contributed by atoms with Gasteiger partial charge in [-0.05, 0) is 18.4 Å². The highest BCUT2D eigenvalue weighted by molar-refractivity contribution is 8.06. The molecule has 1 aromatic rings. The average molecular weight is 330 g/mol. The van der Waals surface area contributed by atoms with Gasteiger partial charge in [0.1, 0.15) is 0 Å². The zero-order valence-electron chi connectivity index (χ0n) is 12.4.